The molecule has 2 aromatic heterocycles. The van der Waals surface area contributed by atoms with Crippen LogP contribution in [0, 0.1) is 0 Å². The molecule has 30 heavy (non-hydrogen) atoms. The maximum atomic E-state index is 12.9. The number of carbonyl (C=O) groups excluding carboxylic acids is 1. The number of esters is 1. The monoisotopic (exact) mass is 414 g/mol. The molecule has 4 rings (SSSR count). The van der Waals surface area contributed by atoms with E-state index in [4.69, 9.17) is 13.9 Å². The number of pyridine rings is 1. The third kappa shape index (κ3) is 4.31. The minimum Gasteiger partial charge on any atom is -0.489 e. The fourth-order valence-electron chi connectivity index (χ4n) is 4.47. The first-order valence-electron chi connectivity index (χ1n) is 10.9. The summed E-state index contributed by atoms with van der Waals surface area (Å²) in [7, 11) is 1.37. The summed E-state index contributed by atoms with van der Waals surface area (Å²) in [6.45, 7) is 4.69. The zero-order valence-corrected chi connectivity index (χ0v) is 17.8. The van der Waals surface area contributed by atoms with Crippen LogP contribution in [0.2, 0.25) is 0 Å². The van der Waals surface area contributed by atoms with Crippen LogP contribution in [-0.2, 0) is 30.7 Å². The molecule has 7 nitrogen and oxygen atoms in total. The van der Waals surface area contributed by atoms with Gasteiger partial charge in [0, 0.05) is 44.2 Å². The molecule has 0 radical (unpaired) electrons. The summed E-state index contributed by atoms with van der Waals surface area (Å²) in [5.74, 6) is 1.82. The average molecular weight is 415 g/mol. The average Bonchev–Trinajstić information content (AvgIpc) is 3.37. The SMILES string of the molecule is CCc1ccc(CN2CCc3c(C(=O)OC)c(OC4CCCC4)cc(=O)n3CC2)o1. The van der Waals surface area contributed by atoms with Crippen molar-refractivity contribution in [3.63, 3.8) is 0 Å². The second kappa shape index (κ2) is 9.08. The molecule has 0 bridgehead atoms. The van der Waals surface area contributed by atoms with E-state index in [1.54, 1.807) is 4.57 Å². The summed E-state index contributed by atoms with van der Waals surface area (Å²) < 4.78 is 18.7. The number of aromatic nitrogens is 1. The van der Waals surface area contributed by atoms with Crippen molar-refractivity contribution in [2.75, 3.05) is 20.2 Å². The molecule has 162 valence electrons. The topological polar surface area (TPSA) is 73.9 Å². The highest BCUT2D eigenvalue weighted by atomic mass is 16.5. The Morgan fingerprint density at radius 1 is 1.17 bits per heavy atom. The molecule has 1 aliphatic heterocycles. The van der Waals surface area contributed by atoms with Gasteiger partial charge in [0.2, 0.25) is 0 Å². The second-order valence-electron chi connectivity index (χ2n) is 8.08. The Labute approximate surface area is 176 Å². The van der Waals surface area contributed by atoms with Crippen LogP contribution in [0.5, 0.6) is 5.75 Å². The smallest absolute Gasteiger partial charge is 0.343 e. The van der Waals surface area contributed by atoms with E-state index in [1.165, 1.54) is 13.2 Å². The van der Waals surface area contributed by atoms with Gasteiger partial charge >= 0.3 is 5.97 Å². The van der Waals surface area contributed by atoms with Crippen LogP contribution in [-0.4, -0.2) is 41.7 Å². The third-order valence-corrected chi connectivity index (χ3v) is 6.12. The van der Waals surface area contributed by atoms with Crippen LogP contribution in [0.3, 0.4) is 0 Å². The molecule has 0 amide bonds. The molecule has 3 heterocycles. The molecule has 0 saturated heterocycles. The van der Waals surface area contributed by atoms with E-state index in [2.05, 4.69) is 11.8 Å². The predicted molar refractivity (Wildman–Crippen MR) is 112 cm³/mol. The van der Waals surface area contributed by atoms with Crippen molar-refractivity contribution in [2.24, 2.45) is 0 Å². The van der Waals surface area contributed by atoms with Gasteiger partial charge in [-0.2, -0.15) is 0 Å². The Hall–Kier alpha value is -2.54. The van der Waals surface area contributed by atoms with Gasteiger partial charge in [0.05, 0.1) is 19.8 Å². The Bertz CT molecular complexity index is 955. The normalized spacial score (nSPS) is 17.5. The number of fused-ring (bicyclic) bond motifs is 1. The highest BCUT2D eigenvalue weighted by Gasteiger charge is 2.28. The van der Waals surface area contributed by atoms with Crippen molar-refractivity contribution in [1.29, 1.82) is 0 Å². The molecule has 2 aliphatic rings. The minimum absolute atomic E-state index is 0.0600. The summed E-state index contributed by atoms with van der Waals surface area (Å²) >= 11 is 0. The van der Waals surface area contributed by atoms with Crippen LogP contribution in [0.15, 0.2) is 27.4 Å². The predicted octanol–water partition coefficient (Wildman–Crippen LogP) is 3.17. The van der Waals surface area contributed by atoms with Crippen LogP contribution < -0.4 is 10.3 Å². The van der Waals surface area contributed by atoms with Crippen LogP contribution >= 0.6 is 0 Å². The Kier molecular flexibility index (Phi) is 6.27. The lowest BCUT2D eigenvalue weighted by atomic mass is 10.1. The molecule has 0 aromatic carbocycles. The lowest BCUT2D eigenvalue weighted by Crippen LogP contribution is -2.29. The van der Waals surface area contributed by atoms with E-state index < -0.39 is 5.97 Å². The standard InChI is InChI=1S/C23H30N2O5/c1-3-16-8-9-18(29-16)15-24-11-10-19-22(23(27)28-2)20(30-17-6-4-5-7-17)14-21(26)25(19)13-12-24/h8-9,14,17H,3-7,10-13,15H2,1-2H3. The molecule has 0 N–H and O–H groups in total. The lowest BCUT2D eigenvalue weighted by Gasteiger charge is -2.20. The lowest BCUT2D eigenvalue weighted by molar-refractivity contribution is 0.0590. The molecule has 0 unspecified atom stereocenters. The van der Waals surface area contributed by atoms with Crippen molar-refractivity contribution >= 4 is 5.97 Å². The number of nitrogens with zero attached hydrogens (tertiary/aromatic N) is 2. The van der Waals surface area contributed by atoms with Crippen LogP contribution in [0.4, 0.5) is 0 Å². The van der Waals surface area contributed by atoms with E-state index in [1.807, 2.05) is 12.1 Å². The van der Waals surface area contributed by atoms with Gasteiger partial charge in [0.1, 0.15) is 22.8 Å². The van der Waals surface area contributed by atoms with E-state index in [0.29, 0.717) is 43.1 Å². The van der Waals surface area contributed by atoms with Gasteiger partial charge in [-0.1, -0.05) is 6.92 Å². The van der Waals surface area contributed by atoms with Gasteiger partial charge in [0.15, 0.2) is 0 Å². The van der Waals surface area contributed by atoms with Crippen molar-refractivity contribution in [2.45, 2.75) is 64.6 Å². The van der Waals surface area contributed by atoms with E-state index in [-0.39, 0.29) is 11.7 Å². The number of rotatable bonds is 6. The first kappa shape index (κ1) is 20.7. The summed E-state index contributed by atoms with van der Waals surface area (Å²) in [5, 5.41) is 0. The fourth-order valence-corrected chi connectivity index (χ4v) is 4.47. The van der Waals surface area contributed by atoms with Gasteiger partial charge in [0.25, 0.3) is 5.56 Å². The molecule has 0 spiro atoms. The number of hydrogen-bond donors (Lipinski definition) is 0. The van der Waals surface area contributed by atoms with Gasteiger partial charge < -0.3 is 18.5 Å². The van der Waals surface area contributed by atoms with Crippen molar-refractivity contribution in [3.8, 4) is 5.75 Å². The van der Waals surface area contributed by atoms with Crippen LogP contribution in [0.25, 0.3) is 0 Å². The molecule has 1 aliphatic carbocycles. The van der Waals surface area contributed by atoms with Crippen molar-refractivity contribution in [1.82, 2.24) is 9.47 Å². The maximum Gasteiger partial charge on any atom is 0.343 e. The molecular formula is C23H30N2O5. The number of methoxy groups -OCH3 is 1. The fraction of sp³-hybridized carbons (Fsp3) is 0.565. The summed E-state index contributed by atoms with van der Waals surface area (Å²) in [4.78, 5) is 27.8. The molecule has 7 heteroatoms. The Balaban J connectivity index is 1.60. The van der Waals surface area contributed by atoms with E-state index in [0.717, 1.165) is 50.2 Å². The quantitative estimate of drug-likeness (QED) is 0.676. The highest BCUT2D eigenvalue weighted by molar-refractivity contribution is 5.93. The van der Waals surface area contributed by atoms with Gasteiger partial charge in [-0.3, -0.25) is 9.69 Å². The zero-order valence-electron chi connectivity index (χ0n) is 17.8. The zero-order chi connectivity index (χ0) is 21.1. The van der Waals surface area contributed by atoms with Gasteiger partial charge in [-0.25, -0.2) is 4.79 Å². The van der Waals surface area contributed by atoms with Gasteiger partial charge in [-0.15, -0.1) is 0 Å². The number of carbonyl (C=O) groups is 1. The third-order valence-electron chi connectivity index (χ3n) is 6.12. The van der Waals surface area contributed by atoms with Crippen LogP contribution in [0.1, 0.15) is 60.2 Å². The number of aryl methyl sites for hydroxylation is 1. The minimum atomic E-state index is -0.446. The Morgan fingerprint density at radius 2 is 1.93 bits per heavy atom. The van der Waals surface area contributed by atoms with Crippen molar-refractivity contribution in [3.05, 3.63) is 51.3 Å². The molecule has 1 fully saturated rings. The van der Waals surface area contributed by atoms with Crippen molar-refractivity contribution < 1.29 is 18.7 Å². The molecule has 2 aromatic rings. The van der Waals surface area contributed by atoms with Gasteiger partial charge in [-0.05, 0) is 37.8 Å². The second-order valence-corrected chi connectivity index (χ2v) is 8.08. The highest BCUT2D eigenvalue weighted by Crippen LogP contribution is 2.29. The number of ether oxygens (including phenoxy) is 2. The van der Waals surface area contributed by atoms with E-state index in [9.17, 15) is 9.59 Å². The molecular weight excluding hydrogens is 384 g/mol. The van der Waals surface area contributed by atoms with E-state index >= 15 is 0 Å². The molecule has 1 saturated carbocycles. The summed E-state index contributed by atoms with van der Waals surface area (Å²) in [6, 6.07) is 5.48. The Morgan fingerprint density at radius 3 is 2.63 bits per heavy atom. The largest absolute Gasteiger partial charge is 0.489 e. The number of hydrogen-bond acceptors (Lipinski definition) is 6. The summed E-state index contributed by atoms with van der Waals surface area (Å²) in [6.07, 6.45) is 5.64. The molecule has 0 atom stereocenters. The first-order chi connectivity index (χ1) is 14.6. The number of furan rings is 1. The summed E-state index contributed by atoms with van der Waals surface area (Å²) in [5.41, 5.74) is 0.981. The maximum absolute atomic E-state index is 12.9. The first-order valence-corrected chi connectivity index (χ1v) is 10.9.